The molecular weight excluding hydrogens is 218 g/mol. The Morgan fingerprint density at radius 1 is 1.41 bits per heavy atom. The summed E-state index contributed by atoms with van der Waals surface area (Å²) < 4.78 is 9.73. The second-order valence-electron chi connectivity index (χ2n) is 4.00. The zero-order chi connectivity index (χ0) is 12.5. The second kappa shape index (κ2) is 7.90. The van der Waals surface area contributed by atoms with Gasteiger partial charge in [-0.2, -0.15) is 0 Å². The van der Waals surface area contributed by atoms with Gasteiger partial charge in [0.25, 0.3) is 0 Å². The highest BCUT2D eigenvalue weighted by Crippen LogP contribution is 2.11. The molecule has 0 aliphatic carbocycles. The quantitative estimate of drug-likeness (QED) is 0.560. The van der Waals surface area contributed by atoms with Crippen LogP contribution in [0.3, 0.4) is 0 Å². The van der Waals surface area contributed by atoms with Crippen molar-refractivity contribution in [1.29, 1.82) is 0 Å². The van der Waals surface area contributed by atoms with E-state index in [1.165, 1.54) is 39.1 Å². The zero-order valence-electron chi connectivity index (χ0n) is 10.6. The average molecular weight is 239 g/mol. The van der Waals surface area contributed by atoms with Gasteiger partial charge in [0.2, 0.25) is 5.76 Å². The SMILES string of the molecule is CCCCCCNCc1ccoc1C(=O)OC. The lowest BCUT2D eigenvalue weighted by atomic mass is 10.2. The molecule has 4 heteroatoms. The van der Waals surface area contributed by atoms with Gasteiger partial charge in [0.15, 0.2) is 0 Å². The molecule has 0 bridgehead atoms. The van der Waals surface area contributed by atoms with Crippen LogP contribution >= 0.6 is 0 Å². The molecule has 0 saturated heterocycles. The Morgan fingerprint density at radius 3 is 2.94 bits per heavy atom. The van der Waals surface area contributed by atoms with E-state index in [9.17, 15) is 4.79 Å². The maximum absolute atomic E-state index is 11.3. The van der Waals surface area contributed by atoms with Crippen molar-refractivity contribution >= 4 is 5.97 Å². The maximum atomic E-state index is 11.3. The molecular formula is C13H21NO3. The number of ether oxygens (including phenoxy) is 1. The first kappa shape index (κ1) is 13.8. The second-order valence-corrected chi connectivity index (χ2v) is 4.00. The van der Waals surface area contributed by atoms with E-state index in [2.05, 4.69) is 17.0 Å². The Hall–Kier alpha value is -1.29. The van der Waals surface area contributed by atoms with E-state index in [4.69, 9.17) is 4.42 Å². The van der Waals surface area contributed by atoms with E-state index in [0.29, 0.717) is 12.3 Å². The van der Waals surface area contributed by atoms with Crippen molar-refractivity contribution in [2.75, 3.05) is 13.7 Å². The average Bonchev–Trinajstić information content (AvgIpc) is 2.81. The van der Waals surface area contributed by atoms with Crippen molar-refractivity contribution in [1.82, 2.24) is 5.32 Å². The van der Waals surface area contributed by atoms with Gasteiger partial charge in [-0.25, -0.2) is 4.79 Å². The van der Waals surface area contributed by atoms with E-state index in [1.807, 2.05) is 0 Å². The molecule has 1 aromatic rings. The fraction of sp³-hybridized carbons (Fsp3) is 0.615. The van der Waals surface area contributed by atoms with Gasteiger partial charge in [-0.3, -0.25) is 0 Å². The third kappa shape index (κ3) is 4.61. The predicted octanol–water partition coefficient (Wildman–Crippen LogP) is 2.74. The van der Waals surface area contributed by atoms with Crippen molar-refractivity contribution in [3.63, 3.8) is 0 Å². The topological polar surface area (TPSA) is 51.5 Å². The van der Waals surface area contributed by atoms with Crippen molar-refractivity contribution < 1.29 is 13.9 Å². The van der Waals surface area contributed by atoms with Gasteiger partial charge in [0.05, 0.1) is 13.4 Å². The molecule has 1 N–H and O–H groups in total. The number of esters is 1. The first-order valence-corrected chi connectivity index (χ1v) is 6.15. The standard InChI is InChI=1S/C13H21NO3/c1-3-4-5-6-8-14-10-11-7-9-17-12(11)13(15)16-2/h7,9,14H,3-6,8,10H2,1-2H3. The van der Waals surface area contributed by atoms with Gasteiger partial charge in [-0.05, 0) is 19.0 Å². The molecule has 0 aromatic carbocycles. The number of hydrogen-bond acceptors (Lipinski definition) is 4. The molecule has 0 amide bonds. The third-order valence-corrected chi connectivity index (χ3v) is 2.64. The Labute approximate surface area is 102 Å². The van der Waals surface area contributed by atoms with Gasteiger partial charge < -0.3 is 14.5 Å². The summed E-state index contributed by atoms with van der Waals surface area (Å²) in [5.74, 6) is -0.119. The third-order valence-electron chi connectivity index (χ3n) is 2.64. The van der Waals surface area contributed by atoms with Gasteiger partial charge in [0.1, 0.15) is 0 Å². The van der Waals surface area contributed by atoms with Gasteiger partial charge in [0, 0.05) is 12.1 Å². The number of unbranched alkanes of at least 4 members (excludes halogenated alkanes) is 3. The number of furan rings is 1. The summed E-state index contributed by atoms with van der Waals surface area (Å²) in [6.07, 6.45) is 6.45. The molecule has 1 rings (SSSR count). The summed E-state index contributed by atoms with van der Waals surface area (Å²) in [5, 5.41) is 3.30. The molecule has 0 spiro atoms. The Bertz CT molecular complexity index is 333. The van der Waals surface area contributed by atoms with Crippen LogP contribution < -0.4 is 5.32 Å². The summed E-state index contributed by atoms with van der Waals surface area (Å²) in [4.78, 5) is 11.3. The van der Waals surface area contributed by atoms with Crippen LogP contribution in [-0.2, 0) is 11.3 Å². The molecule has 0 fully saturated rings. The van der Waals surface area contributed by atoms with Crippen molar-refractivity contribution in [3.8, 4) is 0 Å². The summed E-state index contributed by atoms with van der Waals surface area (Å²) in [7, 11) is 1.35. The highest BCUT2D eigenvalue weighted by molar-refractivity contribution is 5.87. The van der Waals surface area contributed by atoms with Crippen LogP contribution in [0.25, 0.3) is 0 Å². The first-order valence-electron chi connectivity index (χ1n) is 6.15. The Kier molecular flexibility index (Phi) is 6.40. The Balaban J connectivity index is 2.27. The van der Waals surface area contributed by atoms with Crippen LogP contribution in [0.15, 0.2) is 16.7 Å². The van der Waals surface area contributed by atoms with E-state index in [1.54, 1.807) is 6.07 Å². The number of hydrogen-bond donors (Lipinski definition) is 1. The minimum atomic E-state index is -0.419. The largest absolute Gasteiger partial charge is 0.463 e. The summed E-state index contributed by atoms with van der Waals surface area (Å²) >= 11 is 0. The maximum Gasteiger partial charge on any atom is 0.374 e. The molecule has 0 radical (unpaired) electrons. The van der Waals surface area contributed by atoms with E-state index in [0.717, 1.165) is 12.1 Å². The predicted molar refractivity (Wildman–Crippen MR) is 65.9 cm³/mol. The van der Waals surface area contributed by atoms with E-state index < -0.39 is 5.97 Å². The number of nitrogens with one attached hydrogen (secondary N) is 1. The fourth-order valence-electron chi connectivity index (χ4n) is 1.65. The van der Waals surface area contributed by atoms with Gasteiger partial charge in [-0.1, -0.05) is 26.2 Å². The van der Waals surface area contributed by atoms with Crippen molar-refractivity contribution in [3.05, 3.63) is 23.7 Å². The van der Waals surface area contributed by atoms with Crippen LogP contribution in [0.2, 0.25) is 0 Å². The minimum Gasteiger partial charge on any atom is -0.463 e. The highest BCUT2D eigenvalue weighted by Gasteiger charge is 2.14. The summed E-state index contributed by atoms with van der Waals surface area (Å²) in [6.45, 7) is 3.81. The number of carbonyl (C=O) groups is 1. The molecule has 96 valence electrons. The van der Waals surface area contributed by atoms with E-state index in [-0.39, 0.29) is 0 Å². The molecule has 0 aliphatic rings. The first-order chi connectivity index (χ1) is 8.29. The molecule has 0 atom stereocenters. The molecule has 17 heavy (non-hydrogen) atoms. The van der Waals surface area contributed by atoms with Crippen LogP contribution in [0.5, 0.6) is 0 Å². The molecule has 1 aromatic heterocycles. The van der Waals surface area contributed by atoms with Crippen LogP contribution in [0.4, 0.5) is 0 Å². The van der Waals surface area contributed by atoms with Crippen molar-refractivity contribution in [2.24, 2.45) is 0 Å². The van der Waals surface area contributed by atoms with E-state index >= 15 is 0 Å². The highest BCUT2D eigenvalue weighted by atomic mass is 16.5. The molecule has 1 heterocycles. The number of rotatable bonds is 8. The van der Waals surface area contributed by atoms with Crippen molar-refractivity contribution in [2.45, 2.75) is 39.2 Å². The number of methoxy groups -OCH3 is 1. The fourth-order valence-corrected chi connectivity index (χ4v) is 1.65. The molecule has 0 aliphatic heterocycles. The molecule has 0 unspecified atom stereocenters. The van der Waals surface area contributed by atoms with Crippen LogP contribution in [0, 0.1) is 0 Å². The number of carbonyl (C=O) groups excluding carboxylic acids is 1. The lowest BCUT2D eigenvalue weighted by molar-refractivity contribution is 0.0563. The summed E-state index contributed by atoms with van der Waals surface area (Å²) in [5.41, 5.74) is 0.854. The zero-order valence-corrected chi connectivity index (χ0v) is 10.6. The minimum absolute atomic E-state index is 0.300. The lowest BCUT2D eigenvalue weighted by Gasteiger charge is -2.04. The monoisotopic (exact) mass is 239 g/mol. The Morgan fingerprint density at radius 2 is 2.24 bits per heavy atom. The molecule has 0 saturated carbocycles. The lowest BCUT2D eigenvalue weighted by Crippen LogP contribution is -2.16. The van der Waals surface area contributed by atoms with Gasteiger partial charge in [-0.15, -0.1) is 0 Å². The van der Waals surface area contributed by atoms with Crippen LogP contribution in [0.1, 0.15) is 48.7 Å². The summed E-state index contributed by atoms with van der Waals surface area (Å²) in [6, 6.07) is 1.80. The van der Waals surface area contributed by atoms with Crippen LogP contribution in [-0.4, -0.2) is 19.6 Å². The molecule has 4 nitrogen and oxygen atoms in total. The normalized spacial score (nSPS) is 10.5. The van der Waals surface area contributed by atoms with Gasteiger partial charge >= 0.3 is 5.97 Å². The smallest absolute Gasteiger partial charge is 0.374 e.